The quantitative estimate of drug-likeness (QED) is 0.0647. The highest BCUT2D eigenvalue weighted by atomic mass is 16.8. The molecule has 4 rings (SSSR count). The third-order valence-corrected chi connectivity index (χ3v) is 10.0. The predicted molar refractivity (Wildman–Crippen MR) is 171 cm³/mol. The molecule has 26 heteroatoms. The summed E-state index contributed by atoms with van der Waals surface area (Å²) in [6.45, 7) is -5.21. The summed E-state index contributed by atoms with van der Waals surface area (Å²) in [5.41, 5.74) is 5.33. The van der Waals surface area contributed by atoms with Gasteiger partial charge in [-0.25, -0.2) is 0 Å². The molecular formula is C30H55NO25. The zero-order valence-electron chi connectivity index (χ0n) is 29.5. The average Bonchev–Trinajstić information content (AvgIpc) is 3.20. The summed E-state index contributed by atoms with van der Waals surface area (Å²) in [6, 6.07) is 0. The Labute approximate surface area is 317 Å². The molecule has 0 aromatic carbocycles. The summed E-state index contributed by atoms with van der Waals surface area (Å²) >= 11 is 0. The highest BCUT2D eigenvalue weighted by Crippen LogP contribution is 2.34. The van der Waals surface area contributed by atoms with Gasteiger partial charge in [0.1, 0.15) is 116 Å². The molecule has 0 spiro atoms. The molecule has 0 aromatic heterocycles. The molecule has 0 radical (unpaired) electrons. The molecule has 4 aliphatic heterocycles. The second-order valence-corrected chi connectivity index (χ2v) is 13.8. The normalized spacial score (nSPS) is 47.2. The Balaban J connectivity index is 1.43. The van der Waals surface area contributed by atoms with Crippen molar-refractivity contribution in [3.8, 4) is 0 Å². The maximum atomic E-state index is 11.1. The summed E-state index contributed by atoms with van der Waals surface area (Å²) in [7, 11) is 0. The molecule has 26 nitrogen and oxygen atoms in total. The van der Waals surface area contributed by atoms with E-state index in [1.54, 1.807) is 0 Å². The van der Waals surface area contributed by atoms with E-state index < -0.39 is 187 Å². The Morgan fingerprint density at radius 3 is 1.12 bits per heavy atom. The van der Waals surface area contributed by atoms with Gasteiger partial charge in [-0.05, 0) is 0 Å². The number of aliphatic hydroxyl groups excluding tert-OH is 17. The molecule has 4 saturated heterocycles. The minimum Gasteiger partial charge on any atom is -0.394 e. The van der Waals surface area contributed by atoms with Crippen molar-refractivity contribution >= 4 is 0 Å². The molecule has 19 N–H and O–H groups in total. The van der Waals surface area contributed by atoms with Gasteiger partial charge in [-0.15, -0.1) is 0 Å². The fraction of sp³-hybridized carbons (Fsp3) is 1.00. The van der Waals surface area contributed by atoms with Crippen LogP contribution in [-0.2, 0) is 37.9 Å². The van der Waals surface area contributed by atoms with E-state index in [2.05, 4.69) is 0 Å². The van der Waals surface area contributed by atoms with Crippen molar-refractivity contribution in [1.82, 2.24) is 0 Å². The molecule has 56 heavy (non-hydrogen) atoms. The fourth-order valence-corrected chi connectivity index (χ4v) is 6.66. The number of hydrogen-bond acceptors (Lipinski definition) is 26. The monoisotopic (exact) mass is 829 g/mol. The lowest BCUT2D eigenvalue weighted by atomic mass is 9.95. The van der Waals surface area contributed by atoms with Gasteiger partial charge in [0.05, 0.1) is 39.1 Å². The number of nitrogens with two attached hydrogens (primary N) is 1. The molecule has 24 atom stereocenters. The highest BCUT2D eigenvalue weighted by Gasteiger charge is 2.55. The predicted octanol–water partition coefficient (Wildman–Crippen LogP) is -12.3. The van der Waals surface area contributed by atoms with Crippen LogP contribution >= 0.6 is 0 Å². The van der Waals surface area contributed by atoms with E-state index in [-0.39, 0.29) is 0 Å². The van der Waals surface area contributed by atoms with Crippen molar-refractivity contribution < 1.29 is 125 Å². The Bertz CT molecular complexity index is 1160. The van der Waals surface area contributed by atoms with E-state index in [1.807, 2.05) is 0 Å². The van der Waals surface area contributed by atoms with Gasteiger partial charge < -0.3 is 130 Å². The van der Waals surface area contributed by atoms with Crippen LogP contribution in [0.2, 0.25) is 0 Å². The molecule has 4 fully saturated rings. The molecule has 0 amide bonds. The average molecular weight is 830 g/mol. The van der Waals surface area contributed by atoms with Gasteiger partial charge in [-0.2, -0.15) is 0 Å². The number of ether oxygens (including phenoxy) is 8. The van der Waals surface area contributed by atoms with Crippen molar-refractivity contribution in [2.75, 3.05) is 39.6 Å². The third-order valence-electron chi connectivity index (χ3n) is 10.0. The fourth-order valence-electron chi connectivity index (χ4n) is 6.66. The molecule has 0 aliphatic carbocycles. The number of aliphatic hydroxyl groups is 17. The van der Waals surface area contributed by atoms with Crippen LogP contribution in [0.5, 0.6) is 0 Å². The van der Waals surface area contributed by atoms with E-state index >= 15 is 0 Å². The largest absolute Gasteiger partial charge is 0.394 e. The molecule has 4 heterocycles. The van der Waals surface area contributed by atoms with Crippen molar-refractivity contribution in [3.05, 3.63) is 0 Å². The summed E-state index contributed by atoms with van der Waals surface area (Å²) in [4.78, 5) is 0. The van der Waals surface area contributed by atoms with Crippen LogP contribution in [0.15, 0.2) is 0 Å². The molecule has 4 aliphatic rings. The first kappa shape index (κ1) is 47.6. The number of hydrogen-bond donors (Lipinski definition) is 18. The lowest BCUT2D eigenvalue weighted by Gasteiger charge is -2.49. The topological polar surface area (TPSA) is 444 Å². The van der Waals surface area contributed by atoms with E-state index in [0.717, 1.165) is 0 Å². The Kier molecular flexibility index (Phi) is 17.8. The molecule has 0 saturated carbocycles. The minimum atomic E-state index is -2.13. The first-order valence-corrected chi connectivity index (χ1v) is 17.6. The summed E-state index contributed by atoms with van der Waals surface area (Å²) in [5.74, 6) is 0. The smallest absolute Gasteiger partial charge is 0.187 e. The lowest BCUT2D eigenvalue weighted by molar-refractivity contribution is -0.390. The Hall–Kier alpha value is -1.04. The Morgan fingerprint density at radius 2 is 0.768 bits per heavy atom. The lowest BCUT2D eigenvalue weighted by Crippen LogP contribution is -2.67. The maximum Gasteiger partial charge on any atom is 0.187 e. The molecule has 0 bridgehead atoms. The van der Waals surface area contributed by atoms with Gasteiger partial charge in [-0.3, -0.25) is 0 Å². The molecule has 0 aromatic rings. The van der Waals surface area contributed by atoms with Gasteiger partial charge in [-0.1, -0.05) is 0 Å². The Morgan fingerprint density at radius 1 is 0.429 bits per heavy atom. The van der Waals surface area contributed by atoms with Gasteiger partial charge in [0, 0.05) is 6.54 Å². The third kappa shape index (κ3) is 10.1. The first-order valence-electron chi connectivity index (χ1n) is 17.6. The van der Waals surface area contributed by atoms with Crippen LogP contribution in [0.25, 0.3) is 0 Å². The zero-order valence-corrected chi connectivity index (χ0v) is 29.5. The molecule has 0 unspecified atom stereocenters. The SMILES string of the molecule is NC[C@H](O)[C@@H](O)[C@H](O[C@H]1O[C@H](CO)[C@@H](O[C@H]2O[C@H](CO)[C@@H](O[C@H]3O[C@H](CO)[C@@H](O[C@H]4O[C@H](CO)[C@@H](O)[C@H](O)[C@H]4O)[C@H](O)[C@H]3O)[C@H](O)[C@H]2O)[C@H](O)[C@H]1O)[C@H](O)CO. The van der Waals surface area contributed by atoms with Crippen molar-refractivity contribution in [1.29, 1.82) is 0 Å². The van der Waals surface area contributed by atoms with Crippen molar-refractivity contribution in [2.24, 2.45) is 5.73 Å². The summed E-state index contributed by atoms with van der Waals surface area (Å²) in [6.07, 6.45) is -44.6. The van der Waals surface area contributed by atoms with Crippen LogP contribution in [0.3, 0.4) is 0 Å². The molecular weight excluding hydrogens is 774 g/mol. The van der Waals surface area contributed by atoms with Crippen LogP contribution in [0, 0.1) is 0 Å². The maximum absolute atomic E-state index is 11.1. The van der Waals surface area contributed by atoms with E-state index in [0.29, 0.717) is 0 Å². The highest BCUT2D eigenvalue weighted by molar-refractivity contribution is 4.98. The van der Waals surface area contributed by atoms with Crippen LogP contribution in [-0.4, -0.2) is 274 Å². The minimum absolute atomic E-state index is 0.509. The van der Waals surface area contributed by atoms with Crippen LogP contribution in [0.4, 0.5) is 0 Å². The van der Waals surface area contributed by atoms with E-state index in [1.165, 1.54) is 0 Å². The van der Waals surface area contributed by atoms with E-state index in [9.17, 15) is 86.8 Å². The number of rotatable bonds is 17. The van der Waals surface area contributed by atoms with Gasteiger partial charge in [0.25, 0.3) is 0 Å². The summed E-state index contributed by atoms with van der Waals surface area (Å²) < 4.78 is 43.9. The van der Waals surface area contributed by atoms with Crippen molar-refractivity contribution in [3.63, 3.8) is 0 Å². The summed E-state index contributed by atoms with van der Waals surface area (Å²) in [5, 5.41) is 176. The van der Waals surface area contributed by atoms with Crippen molar-refractivity contribution in [2.45, 2.75) is 147 Å². The first-order chi connectivity index (χ1) is 26.5. The van der Waals surface area contributed by atoms with Crippen LogP contribution < -0.4 is 5.73 Å². The zero-order chi connectivity index (χ0) is 41.8. The van der Waals surface area contributed by atoms with E-state index in [4.69, 9.17) is 43.6 Å². The second-order valence-electron chi connectivity index (χ2n) is 13.8. The van der Waals surface area contributed by atoms with Gasteiger partial charge in [0.2, 0.25) is 0 Å². The molecule has 330 valence electrons. The van der Waals surface area contributed by atoms with Crippen LogP contribution in [0.1, 0.15) is 0 Å². The van der Waals surface area contributed by atoms with Gasteiger partial charge in [0.15, 0.2) is 25.2 Å². The van der Waals surface area contributed by atoms with Gasteiger partial charge >= 0.3 is 0 Å². The standard InChI is InChI=1S/C30H55NO25/c31-1-7(37)13(39)23(8(38)2-32)53-28-20(46)16(42)25(10(4-34)50-28)55-30-22(48)18(44)26(12(6-36)52-30)56-29-21(47)17(43)24(11(5-35)51-29)54-27-19(45)15(41)14(40)9(3-33)49-27/h7-30,32-48H,1-6,31H2/t7-,8+,9+,10+,11+,12+,13+,14+,15-,16+,17+,18+,19+,20+,21+,22+,23+,24+,25+,26+,27+,28+,29+,30+/m0/s1. The second kappa shape index (κ2) is 21.0.